The number of methoxy groups -OCH3 is 1. The van der Waals surface area contributed by atoms with Crippen molar-refractivity contribution >= 4 is 16.5 Å². The van der Waals surface area contributed by atoms with Crippen LogP contribution in [-0.2, 0) is 6.42 Å². The molecule has 0 aliphatic carbocycles. The molecule has 1 aromatic heterocycles. The van der Waals surface area contributed by atoms with E-state index in [4.69, 9.17) is 19.9 Å². The maximum atomic E-state index is 5.86. The Hall–Kier alpha value is -2.73. The number of aromatic nitrogens is 1. The van der Waals surface area contributed by atoms with Crippen molar-refractivity contribution in [3.63, 3.8) is 0 Å². The maximum absolute atomic E-state index is 5.86. The van der Waals surface area contributed by atoms with Gasteiger partial charge in [-0.25, -0.2) is 4.98 Å². The van der Waals surface area contributed by atoms with Crippen molar-refractivity contribution in [2.75, 3.05) is 19.6 Å². The van der Waals surface area contributed by atoms with E-state index in [9.17, 15) is 0 Å². The molecule has 0 radical (unpaired) electrons. The Morgan fingerprint density at radius 2 is 1.96 bits per heavy atom. The molecule has 6 heteroatoms. The fourth-order valence-corrected chi connectivity index (χ4v) is 3.60. The van der Waals surface area contributed by atoms with E-state index in [1.165, 1.54) is 16.9 Å². The first-order chi connectivity index (χ1) is 12.2. The fraction of sp³-hybridized carbons (Fsp3) is 0.211. The van der Waals surface area contributed by atoms with E-state index in [2.05, 4.69) is 23.2 Å². The van der Waals surface area contributed by atoms with Crippen LogP contribution >= 0.6 is 11.3 Å². The summed E-state index contributed by atoms with van der Waals surface area (Å²) in [4.78, 5) is 4.51. The normalized spacial score (nSPS) is 13.6. The zero-order chi connectivity index (χ0) is 17.2. The van der Waals surface area contributed by atoms with Crippen LogP contribution in [0.5, 0.6) is 17.2 Å². The molecule has 2 heterocycles. The number of nitrogen functional groups attached to an aromatic ring is 1. The highest BCUT2D eigenvalue weighted by Gasteiger charge is 2.22. The lowest BCUT2D eigenvalue weighted by atomic mass is 9.89. The number of anilines is 1. The monoisotopic (exact) mass is 354 g/mol. The second-order valence-corrected chi connectivity index (χ2v) is 6.72. The van der Waals surface area contributed by atoms with Crippen molar-refractivity contribution in [3.05, 3.63) is 64.7 Å². The number of nitrogens with two attached hydrogens (primary N) is 1. The third-order valence-electron chi connectivity index (χ3n) is 4.29. The topological polar surface area (TPSA) is 66.6 Å². The van der Waals surface area contributed by atoms with Crippen molar-refractivity contribution in [2.45, 2.75) is 12.3 Å². The largest absolute Gasteiger partial charge is 0.497 e. The molecule has 0 amide bonds. The van der Waals surface area contributed by atoms with Crippen LogP contribution in [-0.4, -0.2) is 18.9 Å². The summed E-state index contributed by atoms with van der Waals surface area (Å²) in [6.45, 7) is 0.269. The van der Waals surface area contributed by atoms with Crippen LogP contribution in [0.1, 0.15) is 22.7 Å². The van der Waals surface area contributed by atoms with Crippen LogP contribution in [0.3, 0.4) is 0 Å². The summed E-state index contributed by atoms with van der Waals surface area (Å²) in [5.41, 5.74) is 9.17. The summed E-state index contributed by atoms with van der Waals surface area (Å²) in [5.74, 6) is 2.50. The molecule has 1 unspecified atom stereocenters. The first-order valence-corrected chi connectivity index (χ1v) is 8.84. The van der Waals surface area contributed by atoms with Gasteiger partial charge in [-0.1, -0.05) is 18.2 Å². The number of benzene rings is 2. The Bertz CT molecular complexity index is 877. The second-order valence-electron chi connectivity index (χ2n) is 5.83. The standard InChI is InChI=1S/C19H18N2O3S/c1-22-14-5-2-12(3-6-14)8-15(16-10-25-19(20)21-16)13-4-7-17-18(9-13)24-11-23-17/h2-7,9-10,15H,8,11H2,1H3,(H2,20,21). The first-order valence-electron chi connectivity index (χ1n) is 7.96. The van der Waals surface area contributed by atoms with Crippen LogP contribution in [0.25, 0.3) is 0 Å². The van der Waals surface area contributed by atoms with Crippen molar-refractivity contribution in [1.29, 1.82) is 0 Å². The van der Waals surface area contributed by atoms with Gasteiger partial charge in [-0.05, 0) is 41.8 Å². The van der Waals surface area contributed by atoms with Gasteiger partial charge in [0.05, 0.1) is 12.8 Å². The summed E-state index contributed by atoms with van der Waals surface area (Å²) >= 11 is 1.46. The van der Waals surface area contributed by atoms with Gasteiger partial charge in [0.25, 0.3) is 0 Å². The lowest BCUT2D eigenvalue weighted by Crippen LogP contribution is -2.06. The summed E-state index contributed by atoms with van der Waals surface area (Å²) in [5, 5.41) is 2.60. The van der Waals surface area contributed by atoms with Crippen molar-refractivity contribution in [2.24, 2.45) is 0 Å². The molecule has 2 N–H and O–H groups in total. The van der Waals surface area contributed by atoms with Gasteiger partial charge in [-0.3, -0.25) is 0 Å². The molecule has 1 aliphatic heterocycles. The zero-order valence-electron chi connectivity index (χ0n) is 13.8. The molecular formula is C19H18N2O3S. The molecule has 128 valence electrons. The van der Waals surface area contributed by atoms with Crippen molar-refractivity contribution in [1.82, 2.24) is 4.98 Å². The Kier molecular flexibility index (Phi) is 4.19. The van der Waals surface area contributed by atoms with E-state index in [1.54, 1.807) is 7.11 Å². The summed E-state index contributed by atoms with van der Waals surface area (Å²) in [6, 6.07) is 14.2. The molecule has 0 bridgehead atoms. The highest BCUT2D eigenvalue weighted by atomic mass is 32.1. The Morgan fingerprint density at radius 1 is 1.16 bits per heavy atom. The minimum absolute atomic E-state index is 0.0939. The van der Waals surface area contributed by atoms with E-state index >= 15 is 0 Å². The average Bonchev–Trinajstić information content (AvgIpc) is 3.28. The van der Waals surface area contributed by atoms with Gasteiger partial charge < -0.3 is 19.9 Å². The molecule has 3 aromatic rings. The number of ether oxygens (including phenoxy) is 3. The van der Waals surface area contributed by atoms with Crippen molar-refractivity contribution < 1.29 is 14.2 Å². The average molecular weight is 354 g/mol. The molecule has 0 saturated heterocycles. The SMILES string of the molecule is COc1ccc(CC(c2ccc3c(c2)OCO3)c2csc(N)n2)cc1. The second kappa shape index (κ2) is 6.64. The van der Waals surface area contributed by atoms with Crippen LogP contribution in [0.4, 0.5) is 5.13 Å². The summed E-state index contributed by atoms with van der Waals surface area (Å²) in [7, 11) is 1.67. The zero-order valence-corrected chi connectivity index (χ0v) is 14.6. The quantitative estimate of drug-likeness (QED) is 0.754. The molecule has 4 rings (SSSR count). The van der Waals surface area contributed by atoms with E-state index in [-0.39, 0.29) is 12.7 Å². The van der Waals surface area contributed by atoms with E-state index in [0.29, 0.717) is 5.13 Å². The molecule has 1 aliphatic rings. The number of thiazole rings is 1. The van der Waals surface area contributed by atoms with Gasteiger partial charge in [-0.15, -0.1) is 11.3 Å². The molecule has 5 nitrogen and oxygen atoms in total. The minimum atomic E-state index is 0.0939. The van der Waals surface area contributed by atoms with Gasteiger partial charge in [0.1, 0.15) is 5.75 Å². The third kappa shape index (κ3) is 3.25. The Morgan fingerprint density at radius 3 is 2.68 bits per heavy atom. The minimum Gasteiger partial charge on any atom is -0.497 e. The Labute approximate surface area is 150 Å². The molecule has 0 fully saturated rings. The van der Waals surface area contributed by atoms with Gasteiger partial charge in [0.2, 0.25) is 6.79 Å². The lowest BCUT2D eigenvalue weighted by Gasteiger charge is -2.16. The first kappa shape index (κ1) is 15.8. The van der Waals surface area contributed by atoms with Gasteiger partial charge in [0.15, 0.2) is 16.6 Å². The highest BCUT2D eigenvalue weighted by Crippen LogP contribution is 2.38. The van der Waals surface area contributed by atoms with E-state index in [1.807, 2.05) is 29.6 Å². The van der Waals surface area contributed by atoms with Gasteiger partial charge in [0, 0.05) is 11.3 Å². The molecule has 1 atom stereocenters. The number of nitrogens with zero attached hydrogens (tertiary/aromatic N) is 1. The number of hydrogen-bond acceptors (Lipinski definition) is 6. The molecule has 0 saturated carbocycles. The van der Waals surface area contributed by atoms with E-state index in [0.717, 1.165) is 34.9 Å². The molecule has 2 aromatic carbocycles. The van der Waals surface area contributed by atoms with Crippen molar-refractivity contribution in [3.8, 4) is 17.2 Å². The van der Waals surface area contributed by atoms with Crippen LogP contribution in [0.15, 0.2) is 47.8 Å². The lowest BCUT2D eigenvalue weighted by molar-refractivity contribution is 0.174. The van der Waals surface area contributed by atoms with Crippen LogP contribution in [0.2, 0.25) is 0 Å². The van der Waals surface area contributed by atoms with Gasteiger partial charge in [-0.2, -0.15) is 0 Å². The molecular weight excluding hydrogens is 336 g/mol. The fourth-order valence-electron chi connectivity index (χ4n) is 2.98. The molecule has 25 heavy (non-hydrogen) atoms. The third-order valence-corrected chi connectivity index (χ3v) is 4.99. The highest BCUT2D eigenvalue weighted by molar-refractivity contribution is 7.13. The number of hydrogen-bond donors (Lipinski definition) is 1. The van der Waals surface area contributed by atoms with Crippen LogP contribution < -0.4 is 19.9 Å². The number of fused-ring (bicyclic) bond motifs is 1. The van der Waals surface area contributed by atoms with Gasteiger partial charge >= 0.3 is 0 Å². The number of rotatable bonds is 5. The Balaban J connectivity index is 1.68. The maximum Gasteiger partial charge on any atom is 0.231 e. The smallest absolute Gasteiger partial charge is 0.231 e. The van der Waals surface area contributed by atoms with E-state index < -0.39 is 0 Å². The van der Waals surface area contributed by atoms with Crippen LogP contribution in [0, 0.1) is 0 Å². The summed E-state index contributed by atoms with van der Waals surface area (Å²) in [6.07, 6.45) is 0.812. The predicted molar refractivity (Wildman–Crippen MR) is 97.6 cm³/mol. The summed E-state index contributed by atoms with van der Waals surface area (Å²) < 4.78 is 16.2. The molecule has 0 spiro atoms. The predicted octanol–water partition coefficient (Wildman–Crippen LogP) is 3.84.